The normalized spacial score (nSPS) is 12.1. The minimum absolute atomic E-state index is 0.0694. The minimum atomic E-state index is -2.64. The van der Waals surface area contributed by atoms with Crippen molar-refractivity contribution in [1.29, 1.82) is 0 Å². The Morgan fingerprint density at radius 1 is 1.54 bits per heavy atom. The van der Waals surface area contributed by atoms with Crippen molar-refractivity contribution < 1.29 is 8.78 Å². The zero-order valence-electron chi connectivity index (χ0n) is 6.61. The fourth-order valence-corrected chi connectivity index (χ4v) is 0.869. The van der Waals surface area contributed by atoms with Crippen LogP contribution in [0.4, 0.5) is 8.78 Å². The lowest BCUT2D eigenvalue weighted by molar-refractivity contribution is 0.150. The molecule has 1 heterocycles. The number of halogens is 2. The first-order valence-corrected chi connectivity index (χ1v) is 3.43. The van der Waals surface area contributed by atoms with Crippen LogP contribution in [0.5, 0.6) is 0 Å². The van der Waals surface area contributed by atoms with Crippen molar-refractivity contribution in [2.45, 2.75) is 6.43 Å². The van der Waals surface area contributed by atoms with E-state index in [1.165, 1.54) is 18.3 Å². The van der Waals surface area contributed by atoms with Crippen LogP contribution in [-0.4, -0.2) is 10.8 Å². The van der Waals surface area contributed by atoms with Crippen LogP contribution in [0.2, 0.25) is 0 Å². The third-order valence-corrected chi connectivity index (χ3v) is 1.46. The number of alkyl halides is 2. The Balaban J connectivity index is 3.20. The summed E-state index contributed by atoms with van der Waals surface area (Å²) in [6.45, 7) is 0. The zero-order chi connectivity index (χ0) is 9.84. The molecule has 0 aliphatic carbocycles. The van der Waals surface area contributed by atoms with E-state index < -0.39 is 6.43 Å². The molecule has 0 spiro atoms. The highest BCUT2D eigenvalue weighted by Crippen LogP contribution is 2.20. The van der Waals surface area contributed by atoms with E-state index in [0.29, 0.717) is 0 Å². The van der Waals surface area contributed by atoms with E-state index in [1.54, 1.807) is 0 Å². The van der Waals surface area contributed by atoms with Gasteiger partial charge < -0.3 is 11.6 Å². The van der Waals surface area contributed by atoms with E-state index >= 15 is 0 Å². The summed E-state index contributed by atoms with van der Waals surface area (Å²) in [5, 5.41) is 3.10. The van der Waals surface area contributed by atoms with Crippen molar-refractivity contribution in [1.82, 2.24) is 4.98 Å². The van der Waals surface area contributed by atoms with Gasteiger partial charge in [0.1, 0.15) is 5.69 Å². The van der Waals surface area contributed by atoms with Crippen LogP contribution in [0.25, 0.3) is 0 Å². The molecule has 6 heteroatoms. The Morgan fingerprint density at radius 3 is 2.77 bits per heavy atom. The standard InChI is InChI=1S/C7H8F2N4/c8-6(9)4-2-1-3-12-5(4)7(10)13-11/h1-3,6H,11H2,(H2,10,13). The predicted octanol–water partition coefficient (Wildman–Crippen LogP) is 0.598. The largest absolute Gasteiger partial charge is 0.380 e. The SMILES string of the molecule is N/N=C(\N)c1ncccc1C(F)F. The first-order chi connectivity index (χ1) is 6.16. The van der Waals surface area contributed by atoms with Gasteiger partial charge in [-0.15, -0.1) is 0 Å². The highest BCUT2D eigenvalue weighted by molar-refractivity contribution is 5.96. The van der Waals surface area contributed by atoms with Crippen molar-refractivity contribution in [2.75, 3.05) is 0 Å². The fraction of sp³-hybridized carbons (Fsp3) is 0.143. The molecule has 4 nitrogen and oxygen atoms in total. The lowest BCUT2D eigenvalue weighted by atomic mass is 10.2. The van der Waals surface area contributed by atoms with E-state index in [9.17, 15) is 8.78 Å². The Hall–Kier alpha value is -1.72. The number of hydrazone groups is 1. The van der Waals surface area contributed by atoms with Gasteiger partial charge in [0.15, 0.2) is 5.84 Å². The van der Waals surface area contributed by atoms with Crippen molar-refractivity contribution in [3.05, 3.63) is 29.6 Å². The molecule has 0 atom stereocenters. The zero-order valence-corrected chi connectivity index (χ0v) is 6.61. The predicted molar refractivity (Wildman–Crippen MR) is 44.1 cm³/mol. The number of hydrogen-bond donors (Lipinski definition) is 2. The van der Waals surface area contributed by atoms with Crippen LogP contribution < -0.4 is 11.6 Å². The lowest BCUT2D eigenvalue weighted by Gasteiger charge is -2.04. The summed E-state index contributed by atoms with van der Waals surface area (Å²) in [7, 11) is 0. The van der Waals surface area contributed by atoms with E-state index in [2.05, 4.69) is 10.1 Å². The first-order valence-electron chi connectivity index (χ1n) is 3.43. The van der Waals surface area contributed by atoms with E-state index in [1.807, 2.05) is 0 Å². The summed E-state index contributed by atoms with van der Waals surface area (Å²) in [5.74, 6) is 4.65. The maximum atomic E-state index is 12.3. The van der Waals surface area contributed by atoms with Gasteiger partial charge in [0.25, 0.3) is 6.43 Å². The molecule has 0 aliphatic rings. The van der Waals surface area contributed by atoms with E-state index in [0.717, 1.165) is 0 Å². The molecule has 70 valence electrons. The molecule has 0 saturated carbocycles. The molecule has 0 saturated heterocycles. The Labute approximate surface area is 73.3 Å². The summed E-state index contributed by atoms with van der Waals surface area (Å²) in [5.41, 5.74) is 4.92. The first kappa shape index (κ1) is 9.37. The number of nitrogens with two attached hydrogens (primary N) is 2. The number of nitrogens with zero attached hydrogens (tertiary/aromatic N) is 2. The topological polar surface area (TPSA) is 77.3 Å². The molecule has 4 N–H and O–H groups in total. The lowest BCUT2D eigenvalue weighted by Crippen LogP contribution is -2.19. The van der Waals surface area contributed by atoms with Gasteiger partial charge in [-0.2, -0.15) is 5.10 Å². The quantitative estimate of drug-likeness (QED) is 0.307. The maximum absolute atomic E-state index is 12.3. The molecule has 1 rings (SSSR count). The average molecular weight is 186 g/mol. The second-order valence-corrected chi connectivity index (χ2v) is 2.26. The number of pyridine rings is 1. The molecule has 13 heavy (non-hydrogen) atoms. The number of hydrogen-bond acceptors (Lipinski definition) is 3. The molecule has 0 aliphatic heterocycles. The maximum Gasteiger partial charge on any atom is 0.266 e. The monoisotopic (exact) mass is 186 g/mol. The molecule has 0 amide bonds. The van der Waals surface area contributed by atoms with Crippen LogP contribution in [0.15, 0.2) is 23.4 Å². The minimum Gasteiger partial charge on any atom is -0.380 e. The van der Waals surface area contributed by atoms with Gasteiger partial charge in [0.05, 0.1) is 0 Å². The van der Waals surface area contributed by atoms with Crippen LogP contribution in [-0.2, 0) is 0 Å². The van der Waals surface area contributed by atoms with E-state index in [4.69, 9.17) is 11.6 Å². The summed E-state index contributed by atoms with van der Waals surface area (Å²) >= 11 is 0. The Kier molecular flexibility index (Phi) is 2.73. The highest BCUT2D eigenvalue weighted by Gasteiger charge is 2.15. The van der Waals surface area contributed by atoms with Crippen molar-refractivity contribution in [3.63, 3.8) is 0 Å². The van der Waals surface area contributed by atoms with Crippen molar-refractivity contribution in [2.24, 2.45) is 16.7 Å². The molecule has 1 aromatic rings. The van der Waals surface area contributed by atoms with Crippen LogP contribution in [0, 0.1) is 0 Å². The summed E-state index contributed by atoms with van der Waals surface area (Å²) in [4.78, 5) is 3.65. The van der Waals surface area contributed by atoms with Gasteiger partial charge in [-0.3, -0.25) is 4.98 Å². The number of aromatic nitrogens is 1. The van der Waals surface area contributed by atoms with Crippen LogP contribution in [0.3, 0.4) is 0 Å². The van der Waals surface area contributed by atoms with Gasteiger partial charge in [0.2, 0.25) is 0 Å². The van der Waals surface area contributed by atoms with Crippen molar-refractivity contribution in [3.8, 4) is 0 Å². The van der Waals surface area contributed by atoms with Gasteiger partial charge >= 0.3 is 0 Å². The smallest absolute Gasteiger partial charge is 0.266 e. The third kappa shape index (κ3) is 1.90. The molecular formula is C7H8F2N4. The molecule has 0 aromatic carbocycles. The fourth-order valence-electron chi connectivity index (χ4n) is 0.869. The molecule has 0 bridgehead atoms. The van der Waals surface area contributed by atoms with Gasteiger partial charge in [-0.25, -0.2) is 8.78 Å². The van der Waals surface area contributed by atoms with Crippen LogP contribution in [0.1, 0.15) is 17.7 Å². The molecule has 1 aromatic heterocycles. The molecular weight excluding hydrogens is 178 g/mol. The van der Waals surface area contributed by atoms with Gasteiger partial charge in [-0.05, 0) is 12.1 Å². The number of amidine groups is 1. The average Bonchev–Trinajstić information content (AvgIpc) is 2.16. The molecule has 0 radical (unpaired) electrons. The second-order valence-electron chi connectivity index (χ2n) is 2.26. The summed E-state index contributed by atoms with van der Waals surface area (Å²) in [6.07, 6.45) is -1.29. The number of rotatable bonds is 2. The molecule has 0 unspecified atom stereocenters. The van der Waals surface area contributed by atoms with Gasteiger partial charge in [-0.1, -0.05) is 0 Å². The van der Waals surface area contributed by atoms with E-state index in [-0.39, 0.29) is 17.1 Å². The third-order valence-electron chi connectivity index (χ3n) is 1.46. The molecule has 0 fully saturated rings. The Morgan fingerprint density at radius 2 is 2.23 bits per heavy atom. The Bertz CT molecular complexity index is 324. The summed E-state index contributed by atoms with van der Waals surface area (Å²) in [6, 6.07) is 2.62. The highest BCUT2D eigenvalue weighted by atomic mass is 19.3. The second kappa shape index (κ2) is 3.79. The summed E-state index contributed by atoms with van der Waals surface area (Å²) < 4.78 is 24.7. The van der Waals surface area contributed by atoms with Crippen molar-refractivity contribution >= 4 is 5.84 Å². The van der Waals surface area contributed by atoms with Gasteiger partial charge in [0, 0.05) is 11.8 Å². The van der Waals surface area contributed by atoms with Crippen LogP contribution >= 0.6 is 0 Å².